The summed E-state index contributed by atoms with van der Waals surface area (Å²) in [4.78, 5) is 38.3. The summed E-state index contributed by atoms with van der Waals surface area (Å²) < 4.78 is 26.5. The second-order valence-electron chi connectivity index (χ2n) is 5.41. The minimum Gasteiger partial charge on any atom is -0.322 e. The number of thiophene rings is 1. The monoisotopic (exact) mass is 394 g/mol. The lowest BCUT2D eigenvalue weighted by Gasteiger charge is -2.12. The molecule has 3 rings (SSSR count). The number of nitrogens with zero attached hydrogens (tertiary/aromatic N) is 1. The zero-order valence-electron chi connectivity index (χ0n) is 13.4. The highest BCUT2D eigenvalue weighted by atomic mass is 32.2. The van der Waals surface area contributed by atoms with Gasteiger partial charge in [-0.3, -0.25) is 19.3 Å². The maximum atomic E-state index is 13.6. The van der Waals surface area contributed by atoms with Crippen molar-refractivity contribution in [1.82, 2.24) is 4.90 Å². The van der Waals surface area contributed by atoms with Crippen molar-refractivity contribution in [3.05, 3.63) is 56.6 Å². The third kappa shape index (κ3) is 3.83. The fourth-order valence-corrected chi connectivity index (χ4v) is 3.97. The van der Waals surface area contributed by atoms with Crippen LogP contribution in [0.5, 0.6) is 0 Å². The maximum absolute atomic E-state index is 13.6. The van der Waals surface area contributed by atoms with Crippen LogP contribution in [0.1, 0.15) is 10.4 Å². The predicted octanol–water partition coefficient (Wildman–Crippen LogP) is 4.01. The van der Waals surface area contributed by atoms with Gasteiger partial charge in [-0.15, -0.1) is 11.3 Å². The Morgan fingerprint density at radius 2 is 2.04 bits per heavy atom. The van der Waals surface area contributed by atoms with Crippen LogP contribution < -0.4 is 5.32 Å². The first-order valence-corrected chi connectivity index (χ1v) is 9.09. The van der Waals surface area contributed by atoms with Crippen molar-refractivity contribution in [3.8, 4) is 0 Å². The molecule has 0 radical (unpaired) electrons. The summed E-state index contributed by atoms with van der Waals surface area (Å²) in [6, 6.07) is 4.58. The molecule has 1 aliphatic heterocycles. The van der Waals surface area contributed by atoms with E-state index >= 15 is 0 Å². The highest BCUT2D eigenvalue weighted by molar-refractivity contribution is 8.18. The summed E-state index contributed by atoms with van der Waals surface area (Å²) in [7, 11) is 0. The van der Waals surface area contributed by atoms with Crippen molar-refractivity contribution in [2.45, 2.75) is 6.92 Å². The number of nitrogens with one attached hydrogen (secondary N) is 1. The molecule has 0 unspecified atom stereocenters. The van der Waals surface area contributed by atoms with Crippen molar-refractivity contribution in [3.63, 3.8) is 0 Å². The van der Waals surface area contributed by atoms with Crippen LogP contribution in [0.15, 0.2) is 34.6 Å². The lowest BCUT2D eigenvalue weighted by Crippen LogP contribution is -2.36. The van der Waals surface area contributed by atoms with Crippen LogP contribution >= 0.6 is 23.1 Å². The number of benzene rings is 1. The van der Waals surface area contributed by atoms with Crippen LogP contribution in [0, 0.1) is 18.6 Å². The van der Waals surface area contributed by atoms with Gasteiger partial charge in [-0.1, -0.05) is 0 Å². The van der Waals surface area contributed by atoms with E-state index in [0.29, 0.717) is 6.07 Å². The number of hydrogen-bond donors (Lipinski definition) is 1. The summed E-state index contributed by atoms with van der Waals surface area (Å²) in [6.45, 7) is 1.33. The standard InChI is InChI=1S/C17H12F2N2O3S2/c1-9-4-5-25-13(9)7-14-16(23)21(17(24)26-14)8-15(22)20-12-3-2-10(18)6-11(12)19/h2-7H,8H2,1H3,(H,20,22)/b14-7+. The zero-order chi connectivity index (χ0) is 18.8. The molecule has 26 heavy (non-hydrogen) atoms. The SMILES string of the molecule is Cc1ccsc1/C=C1/SC(=O)N(CC(=O)Nc2ccc(F)cc2F)C1=O. The van der Waals surface area contributed by atoms with Crippen molar-refractivity contribution in [2.24, 2.45) is 0 Å². The van der Waals surface area contributed by atoms with E-state index in [1.807, 2.05) is 18.4 Å². The molecule has 2 aromatic rings. The Morgan fingerprint density at radius 1 is 1.27 bits per heavy atom. The van der Waals surface area contributed by atoms with E-state index in [1.54, 1.807) is 6.08 Å². The van der Waals surface area contributed by atoms with Crippen molar-refractivity contribution < 1.29 is 23.2 Å². The molecule has 5 nitrogen and oxygen atoms in total. The second-order valence-corrected chi connectivity index (χ2v) is 7.35. The summed E-state index contributed by atoms with van der Waals surface area (Å²) in [6.07, 6.45) is 1.61. The lowest BCUT2D eigenvalue weighted by atomic mass is 10.2. The van der Waals surface area contributed by atoms with Gasteiger partial charge in [0.2, 0.25) is 5.91 Å². The van der Waals surface area contributed by atoms with Crippen LogP contribution in [-0.4, -0.2) is 28.5 Å². The number of amides is 3. The number of carbonyl (C=O) groups excluding carboxylic acids is 3. The van der Waals surface area contributed by atoms with E-state index < -0.39 is 35.2 Å². The molecule has 3 amide bonds. The van der Waals surface area contributed by atoms with Crippen LogP contribution in [0.25, 0.3) is 6.08 Å². The number of hydrogen-bond acceptors (Lipinski definition) is 5. The molecule has 9 heteroatoms. The third-order valence-electron chi connectivity index (χ3n) is 3.54. The van der Waals surface area contributed by atoms with Gasteiger partial charge in [0.15, 0.2) is 0 Å². The van der Waals surface area contributed by atoms with E-state index in [9.17, 15) is 23.2 Å². The zero-order valence-corrected chi connectivity index (χ0v) is 15.0. The van der Waals surface area contributed by atoms with Gasteiger partial charge in [0.1, 0.15) is 18.2 Å². The topological polar surface area (TPSA) is 66.5 Å². The molecule has 0 aliphatic carbocycles. The van der Waals surface area contributed by atoms with Gasteiger partial charge < -0.3 is 5.32 Å². The third-order valence-corrected chi connectivity index (χ3v) is 5.42. The average Bonchev–Trinajstić information content (AvgIpc) is 3.09. The van der Waals surface area contributed by atoms with Gasteiger partial charge in [0.25, 0.3) is 11.1 Å². The molecule has 1 fully saturated rings. The predicted molar refractivity (Wildman–Crippen MR) is 96.7 cm³/mol. The number of imide groups is 1. The van der Waals surface area contributed by atoms with Crippen molar-refractivity contribution >= 4 is 51.9 Å². The molecule has 1 aromatic carbocycles. The van der Waals surface area contributed by atoms with Crippen LogP contribution in [-0.2, 0) is 9.59 Å². The molecule has 1 saturated heterocycles. The van der Waals surface area contributed by atoms with Gasteiger partial charge in [-0.05, 0) is 53.9 Å². The molecular formula is C17H12F2N2O3S2. The average molecular weight is 394 g/mol. The highest BCUT2D eigenvalue weighted by Crippen LogP contribution is 2.33. The Kier molecular flexibility index (Phi) is 5.19. The first kappa shape index (κ1) is 18.3. The van der Waals surface area contributed by atoms with E-state index in [2.05, 4.69) is 5.32 Å². The second kappa shape index (κ2) is 7.38. The number of aryl methyl sites for hydroxylation is 1. The van der Waals surface area contributed by atoms with Gasteiger partial charge in [-0.2, -0.15) is 0 Å². The highest BCUT2D eigenvalue weighted by Gasteiger charge is 2.36. The summed E-state index contributed by atoms with van der Waals surface area (Å²) >= 11 is 2.18. The molecular weight excluding hydrogens is 382 g/mol. The van der Waals surface area contributed by atoms with Crippen molar-refractivity contribution in [2.75, 3.05) is 11.9 Å². The smallest absolute Gasteiger partial charge is 0.294 e. The molecule has 1 aromatic heterocycles. The first-order valence-electron chi connectivity index (χ1n) is 7.39. The largest absolute Gasteiger partial charge is 0.322 e. The minimum atomic E-state index is -0.944. The number of halogens is 2. The first-order chi connectivity index (χ1) is 12.3. The van der Waals surface area contributed by atoms with Crippen LogP contribution in [0.3, 0.4) is 0 Å². The molecule has 1 N–H and O–H groups in total. The van der Waals surface area contributed by atoms with E-state index in [0.717, 1.165) is 39.2 Å². The van der Waals surface area contributed by atoms with Crippen LogP contribution in [0.4, 0.5) is 19.3 Å². The number of carbonyl (C=O) groups is 3. The van der Waals surface area contributed by atoms with Gasteiger partial charge in [0, 0.05) is 10.9 Å². The molecule has 2 heterocycles. The fraction of sp³-hybridized carbons (Fsp3) is 0.118. The normalized spacial score (nSPS) is 15.8. The Balaban J connectivity index is 1.70. The lowest BCUT2D eigenvalue weighted by molar-refractivity contribution is -0.127. The summed E-state index contributed by atoms with van der Waals surface area (Å²) in [5.74, 6) is -3.06. The molecule has 0 spiro atoms. The van der Waals surface area contributed by atoms with Crippen LogP contribution in [0.2, 0.25) is 0 Å². The fourth-order valence-electron chi connectivity index (χ4n) is 2.21. The Hall–Kier alpha value is -2.52. The van der Waals surface area contributed by atoms with E-state index in [4.69, 9.17) is 0 Å². The molecule has 0 atom stereocenters. The number of rotatable bonds is 4. The molecule has 1 aliphatic rings. The number of anilines is 1. The number of thioether (sulfide) groups is 1. The van der Waals surface area contributed by atoms with Gasteiger partial charge in [-0.25, -0.2) is 8.78 Å². The summed E-state index contributed by atoms with van der Waals surface area (Å²) in [5, 5.41) is 3.51. The van der Waals surface area contributed by atoms with Gasteiger partial charge >= 0.3 is 0 Å². The Bertz CT molecular complexity index is 940. The summed E-state index contributed by atoms with van der Waals surface area (Å²) in [5.41, 5.74) is 0.749. The Labute approximate surface area is 155 Å². The Morgan fingerprint density at radius 3 is 2.69 bits per heavy atom. The van der Waals surface area contributed by atoms with E-state index in [-0.39, 0.29) is 10.6 Å². The molecule has 0 saturated carbocycles. The van der Waals surface area contributed by atoms with Gasteiger partial charge in [0.05, 0.1) is 10.6 Å². The van der Waals surface area contributed by atoms with Crippen molar-refractivity contribution in [1.29, 1.82) is 0 Å². The maximum Gasteiger partial charge on any atom is 0.294 e. The molecule has 0 bridgehead atoms. The molecule has 134 valence electrons. The minimum absolute atomic E-state index is 0.223. The van der Waals surface area contributed by atoms with E-state index in [1.165, 1.54) is 11.3 Å². The quantitative estimate of drug-likeness (QED) is 0.796.